The average molecular weight is 443 g/mol. The van der Waals surface area contributed by atoms with Crippen LogP contribution in [0.1, 0.15) is 12.5 Å². The summed E-state index contributed by atoms with van der Waals surface area (Å²) < 4.78 is 0.895. The molecule has 1 amide bonds. The highest BCUT2D eigenvalue weighted by molar-refractivity contribution is 7.80. The summed E-state index contributed by atoms with van der Waals surface area (Å²) in [7, 11) is 3.30. The molecule has 1 saturated heterocycles. The third-order valence-electron chi connectivity index (χ3n) is 5.25. The summed E-state index contributed by atoms with van der Waals surface area (Å²) in [6.07, 6.45) is 0. The maximum absolute atomic E-state index is 11.5. The van der Waals surface area contributed by atoms with Gasteiger partial charge in [-0.2, -0.15) is 0 Å². The first-order valence-corrected chi connectivity index (χ1v) is 12.1. The van der Waals surface area contributed by atoms with Gasteiger partial charge in [-0.25, -0.2) is 0 Å². The highest BCUT2D eigenvalue weighted by Gasteiger charge is 2.20. The molecule has 1 aliphatic rings. The van der Waals surface area contributed by atoms with E-state index in [0.717, 1.165) is 57.1 Å². The fourth-order valence-electron chi connectivity index (χ4n) is 3.62. The van der Waals surface area contributed by atoms with Crippen LogP contribution in [0.3, 0.4) is 0 Å². The van der Waals surface area contributed by atoms with Crippen molar-refractivity contribution in [3.63, 3.8) is 0 Å². The molecular weight excluding hydrogens is 420 g/mol. The third kappa shape index (κ3) is 4.43. The zero-order valence-electron chi connectivity index (χ0n) is 16.1. The number of carbonyl (C=O) groups excluding carboxylic acids is 1. The first kappa shape index (κ1) is 20.2. The molecule has 150 valence electrons. The second-order valence-corrected chi connectivity index (χ2v) is 9.97. The molecule has 0 aliphatic carbocycles. The van der Waals surface area contributed by atoms with E-state index in [-0.39, 0.29) is 5.91 Å². The van der Waals surface area contributed by atoms with Crippen LogP contribution in [0.4, 0.5) is 0 Å². The molecule has 4 rings (SSSR count). The number of aromatic hydroxyl groups is 1. The molecule has 2 aromatic carbocycles. The van der Waals surface area contributed by atoms with Gasteiger partial charge in [0.05, 0.1) is 4.88 Å². The van der Waals surface area contributed by atoms with Crippen molar-refractivity contribution in [2.45, 2.75) is 13.5 Å². The highest BCUT2D eigenvalue weighted by Crippen LogP contribution is 2.42. The Hall–Kier alpha value is -2.06. The summed E-state index contributed by atoms with van der Waals surface area (Å²) in [5.74, 6) is 0.435. The van der Waals surface area contributed by atoms with Crippen LogP contribution in [0.5, 0.6) is 5.75 Å². The molecule has 4 nitrogen and oxygen atoms in total. The van der Waals surface area contributed by atoms with Crippen LogP contribution >= 0.6 is 32.9 Å². The van der Waals surface area contributed by atoms with E-state index in [1.165, 1.54) is 0 Å². The number of phenols is 1. The molecule has 2 heterocycles. The minimum Gasteiger partial charge on any atom is -0.508 e. The number of hydrogen-bond acceptors (Lipinski definition) is 6. The van der Waals surface area contributed by atoms with Crippen LogP contribution in [0.2, 0.25) is 0 Å². The Kier molecular flexibility index (Phi) is 6.10. The molecule has 1 aromatic heterocycles. The maximum atomic E-state index is 11.5. The minimum absolute atomic E-state index is 0.126. The molecule has 29 heavy (non-hydrogen) atoms. The Balaban J connectivity index is 1.61. The van der Waals surface area contributed by atoms with Crippen molar-refractivity contribution in [2.75, 3.05) is 26.2 Å². The second-order valence-electron chi connectivity index (χ2n) is 7.15. The number of phenolic OH excluding ortho intramolecular Hbond substituents is 1. The predicted molar refractivity (Wildman–Crippen MR) is 123 cm³/mol. The van der Waals surface area contributed by atoms with Crippen molar-refractivity contribution in [3.8, 4) is 27.3 Å². The van der Waals surface area contributed by atoms with Crippen molar-refractivity contribution in [2.24, 2.45) is 0 Å². The van der Waals surface area contributed by atoms with Gasteiger partial charge >= 0.3 is 0 Å². The molecule has 0 saturated carbocycles. The van der Waals surface area contributed by atoms with Crippen LogP contribution in [0.25, 0.3) is 21.6 Å². The van der Waals surface area contributed by atoms with E-state index in [0.29, 0.717) is 12.3 Å². The zero-order chi connectivity index (χ0) is 20.4. The van der Waals surface area contributed by atoms with Gasteiger partial charge in [0.15, 0.2) is 0 Å². The summed E-state index contributed by atoms with van der Waals surface area (Å²) in [4.78, 5) is 16.8. The van der Waals surface area contributed by atoms with Crippen molar-refractivity contribution >= 4 is 38.8 Å². The second kappa shape index (κ2) is 8.75. The smallest absolute Gasteiger partial charge is 0.219 e. The van der Waals surface area contributed by atoms with Gasteiger partial charge in [0, 0.05) is 50.8 Å². The molecule has 1 aliphatic heterocycles. The van der Waals surface area contributed by atoms with E-state index in [2.05, 4.69) is 23.1 Å². The maximum Gasteiger partial charge on any atom is 0.219 e. The molecule has 0 spiro atoms. The van der Waals surface area contributed by atoms with Crippen molar-refractivity contribution in [1.29, 1.82) is 0 Å². The summed E-state index contributed by atoms with van der Waals surface area (Å²) in [5.41, 5.74) is 4.21. The first-order chi connectivity index (χ1) is 14.0. The highest BCUT2D eigenvalue weighted by atomic mass is 32.9. The molecule has 0 atom stereocenters. The van der Waals surface area contributed by atoms with E-state index in [1.54, 1.807) is 33.7 Å². The van der Waals surface area contributed by atoms with Crippen LogP contribution < -0.4 is 0 Å². The number of nitrogens with zero attached hydrogens (tertiary/aromatic N) is 2. The monoisotopic (exact) mass is 442 g/mol. The lowest BCUT2D eigenvalue weighted by Crippen LogP contribution is -2.47. The molecule has 0 bridgehead atoms. The van der Waals surface area contributed by atoms with E-state index in [1.807, 2.05) is 29.2 Å². The van der Waals surface area contributed by atoms with Crippen molar-refractivity contribution < 1.29 is 9.90 Å². The normalized spacial score (nSPS) is 14.9. The number of hydrogen-bond donors (Lipinski definition) is 1. The molecule has 3 aromatic rings. The summed E-state index contributed by atoms with van der Waals surface area (Å²) in [5, 5.41) is 10.4. The molecule has 1 N–H and O–H groups in total. The lowest BCUT2D eigenvalue weighted by molar-refractivity contribution is -0.130. The van der Waals surface area contributed by atoms with E-state index in [4.69, 9.17) is 12.2 Å². The van der Waals surface area contributed by atoms with Gasteiger partial charge in [-0.05, 0) is 29.3 Å². The standard InChI is InChI=1S/C22H22N2O2S3/c1-15(25)24-11-9-23(10-12-24)14-18-13-17(7-8-19(18)26)21-20(22(27)29-28-21)16-5-3-2-4-6-16/h2-8,13,26H,9-12,14H2,1H3. The Morgan fingerprint density at radius 2 is 1.76 bits per heavy atom. The SMILES string of the molecule is CC(=O)N1CCN(Cc2cc(-c3ssc(=S)c3-c3ccccc3)ccc2O)CC1. The summed E-state index contributed by atoms with van der Waals surface area (Å²) in [6, 6.07) is 16.1. The number of piperazine rings is 1. The van der Waals surface area contributed by atoms with Crippen molar-refractivity contribution in [3.05, 3.63) is 57.9 Å². The van der Waals surface area contributed by atoms with Crippen molar-refractivity contribution in [1.82, 2.24) is 9.80 Å². The predicted octanol–water partition coefficient (Wildman–Crippen LogP) is 5.24. The van der Waals surface area contributed by atoms with Crippen LogP contribution in [-0.4, -0.2) is 47.0 Å². The largest absolute Gasteiger partial charge is 0.508 e. The summed E-state index contributed by atoms with van der Waals surface area (Å²) >= 11 is 5.62. The van der Waals surface area contributed by atoms with Crippen LogP contribution in [0, 0.1) is 3.82 Å². The molecule has 0 radical (unpaired) electrons. The molecule has 1 fully saturated rings. The lowest BCUT2D eigenvalue weighted by Gasteiger charge is -2.34. The Labute approximate surface area is 183 Å². The number of amides is 1. The van der Waals surface area contributed by atoms with Gasteiger partial charge in [0.2, 0.25) is 5.91 Å². The fourth-order valence-corrected chi connectivity index (χ4v) is 6.53. The summed E-state index contributed by atoms with van der Waals surface area (Å²) in [6.45, 7) is 5.39. The molecule has 0 unspecified atom stereocenters. The van der Waals surface area contributed by atoms with E-state index < -0.39 is 0 Å². The number of carbonyl (C=O) groups is 1. The van der Waals surface area contributed by atoms with Crippen LogP contribution in [-0.2, 0) is 11.3 Å². The zero-order valence-corrected chi connectivity index (χ0v) is 18.6. The van der Waals surface area contributed by atoms with Gasteiger partial charge in [0.25, 0.3) is 0 Å². The first-order valence-electron chi connectivity index (χ1n) is 9.51. The van der Waals surface area contributed by atoms with E-state index in [9.17, 15) is 9.90 Å². The quantitative estimate of drug-likeness (QED) is 0.443. The lowest BCUT2D eigenvalue weighted by atomic mass is 10.0. The van der Waals surface area contributed by atoms with Gasteiger partial charge in [-0.3, -0.25) is 9.69 Å². The fraction of sp³-hybridized carbons (Fsp3) is 0.273. The number of rotatable bonds is 4. The Morgan fingerprint density at radius 1 is 1.03 bits per heavy atom. The average Bonchev–Trinajstić information content (AvgIpc) is 3.12. The number of benzene rings is 2. The van der Waals surface area contributed by atoms with Gasteiger partial charge in [-0.1, -0.05) is 63.2 Å². The van der Waals surface area contributed by atoms with Crippen LogP contribution in [0.15, 0.2) is 48.5 Å². The third-order valence-corrected chi connectivity index (χ3v) is 8.31. The minimum atomic E-state index is 0.126. The van der Waals surface area contributed by atoms with E-state index >= 15 is 0 Å². The van der Waals surface area contributed by atoms with Gasteiger partial charge in [0.1, 0.15) is 9.57 Å². The Morgan fingerprint density at radius 3 is 2.45 bits per heavy atom. The van der Waals surface area contributed by atoms with Gasteiger partial charge in [-0.15, -0.1) is 0 Å². The topological polar surface area (TPSA) is 43.8 Å². The van der Waals surface area contributed by atoms with Gasteiger partial charge < -0.3 is 10.0 Å². The molecule has 7 heteroatoms. The Bertz CT molecular complexity index is 1070. The molecular formula is C22H22N2O2S3.